The maximum Gasteiger partial charge on any atom is 0.316 e. The summed E-state index contributed by atoms with van der Waals surface area (Å²) in [6.45, 7) is 2.79. The molecule has 17 heavy (non-hydrogen) atoms. The standard InChI is InChI=1S/C15H24O2/c1-2-3-4-5-6-10-13-17-15(16)14-11-8-7-9-12-14/h8-9,11-12,14H,2-7,10,13H2,1H3. The van der Waals surface area contributed by atoms with E-state index in [2.05, 4.69) is 6.92 Å². The third-order valence-electron chi connectivity index (χ3n) is 2.97. The third-order valence-corrected chi connectivity index (χ3v) is 2.97. The van der Waals surface area contributed by atoms with Crippen LogP contribution in [0.2, 0.25) is 0 Å². The highest BCUT2D eigenvalue weighted by Crippen LogP contribution is 2.11. The Morgan fingerprint density at radius 2 is 1.76 bits per heavy atom. The van der Waals surface area contributed by atoms with Crippen molar-refractivity contribution in [2.75, 3.05) is 6.61 Å². The van der Waals surface area contributed by atoms with Gasteiger partial charge in [0, 0.05) is 0 Å². The molecule has 0 bridgehead atoms. The molecule has 0 aromatic heterocycles. The Morgan fingerprint density at radius 3 is 2.47 bits per heavy atom. The van der Waals surface area contributed by atoms with E-state index in [1.165, 1.54) is 32.1 Å². The molecule has 0 saturated carbocycles. The fourth-order valence-corrected chi connectivity index (χ4v) is 1.90. The zero-order chi connectivity index (χ0) is 12.3. The van der Waals surface area contributed by atoms with Crippen molar-refractivity contribution < 1.29 is 9.53 Å². The van der Waals surface area contributed by atoms with Crippen LogP contribution in [-0.2, 0) is 9.53 Å². The molecule has 96 valence electrons. The highest BCUT2D eigenvalue weighted by Gasteiger charge is 2.14. The monoisotopic (exact) mass is 236 g/mol. The fraction of sp³-hybridized carbons (Fsp3) is 0.667. The van der Waals surface area contributed by atoms with Gasteiger partial charge in [-0.3, -0.25) is 4.79 Å². The van der Waals surface area contributed by atoms with E-state index in [0.717, 1.165) is 12.8 Å². The Kier molecular flexibility index (Phi) is 7.44. The van der Waals surface area contributed by atoms with Crippen LogP contribution in [0.15, 0.2) is 24.3 Å². The van der Waals surface area contributed by atoms with E-state index in [4.69, 9.17) is 4.74 Å². The molecule has 0 heterocycles. The van der Waals surface area contributed by atoms with Crippen LogP contribution in [0.5, 0.6) is 0 Å². The van der Waals surface area contributed by atoms with Crippen LogP contribution in [0.3, 0.4) is 0 Å². The van der Waals surface area contributed by atoms with Crippen LogP contribution < -0.4 is 0 Å². The lowest BCUT2D eigenvalue weighted by atomic mass is 10.0. The predicted molar refractivity (Wildman–Crippen MR) is 70.7 cm³/mol. The van der Waals surface area contributed by atoms with Crippen molar-refractivity contribution >= 4 is 5.97 Å². The van der Waals surface area contributed by atoms with Gasteiger partial charge in [-0.15, -0.1) is 0 Å². The van der Waals surface area contributed by atoms with Gasteiger partial charge >= 0.3 is 5.97 Å². The zero-order valence-corrected chi connectivity index (χ0v) is 10.9. The van der Waals surface area contributed by atoms with Crippen molar-refractivity contribution in [2.24, 2.45) is 5.92 Å². The first-order valence-corrected chi connectivity index (χ1v) is 6.84. The van der Waals surface area contributed by atoms with Gasteiger partial charge in [-0.25, -0.2) is 0 Å². The molecule has 0 atom stereocenters. The molecular weight excluding hydrogens is 212 g/mol. The molecule has 0 aliphatic heterocycles. The number of unbranched alkanes of at least 4 members (excludes halogenated alkanes) is 5. The summed E-state index contributed by atoms with van der Waals surface area (Å²) in [6, 6.07) is 0. The lowest BCUT2D eigenvalue weighted by molar-refractivity contribution is -0.145. The first kappa shape index (κ1) is 14.0. The average Bonchev–Trinajstić information content (AvgIpc) is 2.38. The van der Waals surface area contributed by atoms with Crippen LogP contribution in [0, 0.1) is 5.92 Å². The third kappa shape index (κ3) is 6.30. The van der Waals surface area contributed by atoms with Crippen LogP contribution >= 0.6 is 0 Å². The van der Waals surface area contributed by atoms with Gasteiger partial charge in [-0.1, -0.05) is 63.3 Å². The van der Waals surface area contributed by atoms with E-state index in [0.29, 0.717) is 6.61 Å². The largest absolute Gasteiger partial charge is 0.465 e. The summed E-state index contributed by atoms with van der Waals surface area (Å²) in [7, 11) is 0. The van der Waals surface area contributed by atoms with Gasteiger partial charge in [0.05, 0.1) is 12.5 Å². The second kappa shape index (κ2) is 9.03. The highest BCUT2D eigenvalue weighted by atomic mass is 16.5. The minimum Gasteiger partial charge on any atom is -0.465 e. The van der Waals surface area contributed by atoms with Gasteiger partial charge in [-0.2, -0.15) is 0 Å². The van der Waals surface area contributed by atoms with Gasteiger partial charge in [0.15, 0.2) is 0 Å². The highest BCUT2D eigenvalue weighted by molar-refractivity contribution is 5.76. The topological polar surface area (TPSA) is 26.3 Å². The first-order chi connectivity index (χ1) is 8.34. The normalized spacial score (nSPS) is 15.1. The van der Waals surface area contributed by atoms with Crippen molar-refractivity contribution in [2.45, 2.75) is 51.9 Å². The quantitative estimate of drug-likeness (QED) is 0.361. The van der Waals surface area contributed by atoms with E-state index < -0.39 is 0 Å². The molecule has 0 aromatic rings. The number of carbonyl (C=O) groups is 1. The number of hydrogen-bond acceptors (Lipinski definition) is 2. The maximum atomic E-state index is 11.6. The summed E-state index contributed by atoms with van der Waals surface area (Å²) < 4.78 is 5.25. The Morgan fingerprint density at radius 1 is 1.12 bits per heavy atom. The van der Waals surface area contributed by atoms with Gasteiger partial charge in [-0.05, 0) is 12.8 Å². The molecule has 0 aromatic carbocycles. The summed E-state index contributed by atoms with van der Waals surface area (Å²) in [5.74, 6) is -0.255. The summed E-state index contributed by atoms with van der Waals surface area (Å²) in [5.41, 5.74) is 0. The summed E-state index contributed by atoms with van der Waals surface area (Å²) in [6.07, 6.45) is 16.1. The molecule has 0 N–H and O–H groups in total. The molecule has 1 aliphatic carbocycles. The van der Waals surface area contributed by atoms with Crippen molar-refractivity contribution in [1.82, 2.24) is 0 Å². The van der Waals surface area contributed by atoms with Crippen LogP contribution in [0.1, 0.15) is 51.9 Å². The number of ether oxygens (including phenoxy) is 1. The van der Waals surface area contributed by atoms with Crippen molar-refractivity contribution in [1.29, 1.82) is 0 Å². The van der Waals surface area contributed by atoms with Gasteiger partial charge in [0.1, 0.15) is 0 Å². The first-order valence-electron chi connectivity index (χ1n) is 6.84. The van der Waals surface area contributed by atoms with Crippen molar-refractivity contribution in [3.8, 4) is 0 Å². The molecule has 2 heteroatoms. The summed E-state index contributed by atoms with van der Waals surface area (Å²) >= 11 is 0. The molecule has 1 rings (SSSR count). The predicted octanol–water partition coefficient (Wildman–Crippen LogP) is 4.02. The Hall–Kier alpha value is -1.05. The fourth-order valence-electron chi connectivity index (χ4n) is 1.90. The van der Waals surface area contributed by atoms with E-state index in [1.807, 2.05) is 24.3 Å². The van der Waals surface area contributed by atoms with Crippen molar-refractivity contribution in [3.05, 3.63) is 24.3 Å². The van der Waals surface area contributed by atoms with Gasteiger partial charge < -0.3 is 4.74 Å². The summed E-state index contributed by atoms with van der Waals surface area (Å²) in [4.78, 5) is 11.6. The van der Waals surface area contributed by atoms with Gasteiger partial charge in [0.25, 0.3) is 0 Å². The molecule has 0 amide bonds. The van der Waals surface area contributed by atoms with E-state index in [1.54, 1.807) is 0 Å². The Balaban J connectivity index is 1.98. The SMILES string of the molecule is CCCCCCCCOC(=O)C1C=CCC=C1. The molecule has 0 fully saturated rings. The van der Waals surface area contributed by atoms with E-state index >= 15 is 0 Å². The summed E-state index contributed by atoms with van der Waals surface area (Å²) in [5, 5.41) is 0. The Labute approximate surface area is 105 Å². The molecule has 2 nitrogen and oxygen atoms in total. The minimum absolute atomic E-state index is 0.106. The smallest absolute Gasteiger partial charge is 0.316 e. The number of hydrogen-bond donors (Lipinski definition) is 0. The van der Waals surface area contributed by atoms with Crippen LogP contribution in [0.4, 0.5) is 0 Å². The molecule has 1 aliphatic rings. The average molecular weight is 236 g/mol. The van der Waals surface area contributed by atoms with Crippen LogP contribution in [0.25, 0.3) is 0 Å². The molecule has 0 radical (unpaired) electrons. The molecular formula is C15H24O2. The second-order valence-corrected chi connectivity index (χ2v) is 4.55. The molecule has 0 saturated heterocycles. The molecule has 0 unspecified atom stereocenters. The van der Waals surface area contributed by atoms with Crippen molar-refractivity contribution in [3.63, 3.8) is 0 Å². The maximum absolute atomic E-state index is 11.6. The lowest BCUT2D eigenvalue weighted by Gasteiger charge is -2.10. The number of rotatable bonds is 8. The zero-order valence-electron chi connectivity index (χ0n) is 10.9. The number of carbonyl (C=O) groups excluding carboxylic acids is 1. The van der Waals surface area contributed by atoms with E-state index in [-0.39, 0.29) is 11.9 Å². The second-order valence-electron chi connectivity index (χ2n) is 4.55. The number of allylic oxidation sites excluding steroid dienone is 2. The number of esters is 1. The Bertz CT molecular complexity index is 254. The van der Waals surface area contributed by atoms with E-state index in [9.17, 15) is 4.79 Å². The van der Waals surface area contributed by atoms with Crippen LogP contribution in [-0.4, -0.2) is 12.6 Å². The molecule has 0 spiro atoms. The minimum atomic E-state index is -0.149. The van der Waals surface area contributed by atoms with Gasteiger partial charge in [0.2, 0.25) is 0 Å². The lowest BCUT2D eigenvalue weighted by Crippen LogP contribution is -2.15.